The van der Waals surface area contributed by atoms with Crippen LogP contribution in [0.1, 0.15) is 161 Å². The Hall–Kier alpha value is -3.26. The minimum absolute atomic E-state index is 0.108. The molecule has 1 aliphatic rings. The number of rotatable bonds is 32. The second kappa shape index (κ2) is 29.2. The van der Waals surface area contributed by atoms with Gasteiger partial charge in [-0.1, -0.05) is 84.0 Å². The van der Waals surface area contributed by atoms with Crippen molar-refractivity contribution < 1.29 is 39.0 Å². The third kappa shape index (κ3) is 20.7. The summed E-state index contributed by atoms with van der Waals surface area (Å²) >= 11 is 0. The van der Waals surface area contributed by atoms with E-state index < -0.39 is 60.2 Å². The van der Waals surface area contributed by atoms with E-state index in [0.717, 1.165) is 25.7 Å². The van der Waals surface area contributed by atoms with E-state index in [1.807, 2.05) is 0 Å². The molecule has 1 heterocycles. The number of carboxylic acid groups (broad SMARTS) is 2. The van der Waals surface area contributed by atoms with Gasteiger partial charge < -0.3 is 42.5 Å². The van der Waals surface area contributed by atoms with E-state index in [1.165, 1.54) is 57.8 Å². The van der Waals surface area contributed by atoms with Crippen LogP contribution in [0.15, 0.2) is 0 Å². The number of nitrogens with two attached hydrogens (primary N) is 2. The number of amides is 4. The molecule has 0 spiro atoms. The van der Waals surface area contributed by atoms with E-state index in [2.05, 4.69) is 22.9 Å². The van der Waals surface area contributed by atoms with Crippen LogP contribution in [0, 0.1) is 0 Å². The van der Waals surface area contributed by atoms with Gasteiger partial charge in [0.15, 0.2) is 0 Å². The Labute approximate surface area is 311 Å². The average molecular weight is 739 g/mol. The summed E-state index contributed by atoms with van der Waals surface area (Å²) in [4.78, 5) is 78.2. The third-order valence-electron chi connectivity index (χ3n) is 9.79. The van der Waals surface area contributed by atoms with Gasteiger partial charge in [0.25, 0.3) is 0 Å². The number of aliphatic carboxylic acids is 2. The summed E-state index contributed by atoms with van der Waals surface area (Å²) in [6, 6.07) is -4.37. The van der Waals surface area contributed by atoms with Crippen molar-refractivity contribution in [1.82, 2.24) is 20.9 Å². The highest BCUT2D eigenvalue weighted by molar-refractivity contribution is 5.95. The number of carboxylic acids is 2. The first kappa shape index (κ1) is 46.8. The molecule has 1 saturated heterocycles. The molecule has 9 N–H and O–H groups in total. The predicted octanol–water partition coefficient (Wildman–Crippen LogP) is 4.12. The van der Waals surface area contributed by atoms with Crippen molar-refractivity contribution in [3.8, 4) is 0 Å². The van der Waals surface area contributed by atoms with E-state index in [0.29, 0.717) is 64.6 Å². The van der Waals surface area contributed by atoms with Gasteiger partial charge in [0.2, 0.25) is 23.6 Å². The Morgan fingerprint density at radius 3 is 1.60 bits per heavy atom. The molecule has 0 aliphatic carbocycles. The second-order valence-electron chi connectivity index (χ2n) is 14.3. The van der Waals surface area contributed by atoms with Gasteiger partial charge in [0.05, 0.1) is 0 Å². The maximum Gasteiger partial charge on any atom is 0.326 e. The number of likely N-dealkylation sites (tertiary alicyclic amines) is 1. The molecule has 300 valence electrons. The van der Waals surface area contributed by atoms with Gasteiger partial charge in [0, 0.05) is 19.4 Å². The molecule has 14 heteroatoms. The number of nitrogens with one attached hydrogen (secondary N) is 3. The Morgan fingerprint density at radius 1 is 0.615 bits per heavy atom. The van der Waals surface area contributed by atoms with Crippen LogP contribution >= 0.6 is 0 Å². The fourth-order valence-corrected chi connectivity index (χ4v) is 6.64. The fraction of sp³-hybridized carbons (Fsp3) is 0.842. The van der Waals surface area contributed by atoms with Crippen molar-refractivity contribution >= 4 is 35.6 Å². The summed E-state index contributed by atoms with van der Waals surface area (Å²) in [5.74, 6) is -4.50. The zero-order valence-electron chi connectivity index (χ0n) is 31.8. The minimum Gasteiger partial charge on any atom is -0.481 e. The van der Waals surface area contributed by atoms with Gasteiger partial charge in [-0.15, -0.1) is 0 Å². The molecule has 4 amide bonds. The quantitative estimate of drug-likeness (QED) is 0.0488. The third-order valence-corrected chi connectivity index (χ3v) is 9.79. The summed E-state index contributed by atoms with van der Waals surface area (Å²) in [6.45, 7) is 3.40. The summed E-state index contributed by atoms with van der Waals surface area (Å²) in [6.07, 6.45) is 18.8. The van der Waals surface area contributed by atoms with E-state index in [-0.39, 0.29) is 25.2 Å². The van der Waals surface area contributed by atoms with Gasteiger partial charge in [-0.25, -0.2) is 4.79 Å². The molecule has 52 heavy (non-hydrogen) atoms. The number of hydrogen-bond donors (Lipinski definition) is 7. The van der Waals surface area contributed by atoms with E-state index >= 15 is 0 Å². The van der Waals surface area contributed by atoms with E-state index in [4.69, 9.17) is 11.5 Å². The molecule has 1 fully saturated rings. The topological polar surface area (TPSA) is 234 Å². The molecule has 0 bridgehead atoms. The molecule has 0 saturated carbocycles. The molecule has 4 atom stereocenters. The number of nitrogens with zero attached hydrogens (tertiary/aromatic N) is 1. The first-order chi connectivity index (χ1) is 25.0. The van der Waals surface area contributed by atoms with Gasteiger partial charge in [0.1, 0.15) is 24.2 Å². The molecule has 0 aromatic carbocycles. The van der Waals surface area contributed by atoms with Crippen LogP contribution < -0.4 is 27.4 Å². The van der Waals surface area contributed by atoms with Crippen LogP contribution in [-0.2, 0) is 28.8 Å². The lowest BCUT2D eigenvalue weighted by molar-refractivity contribution is -0.142. The summed E-state index contributed by atoms with van der Waals surface area (Å²) in [7, 11) is 0. The zero-order chi connectivity index (χ0) is 38.6. The molecular formula is C38H70N6O8. The largest absolute Gasteiger partial charge is 0.481 e. The second-order valence-corrected chi connectivity index (χ2v) is 14.3. The molecular weight excluding hydrogens is 668 g/mol. The van der Waals surface area contributed by atoms with E-state index in [9.17, 15) is 39.0 Å². The molecule has 1 aliphatic heterocycles. The lowest BCUT2D eigenvalue weighted by Gasteiger charge is -2.28. The fourth-order valence-electron chi connectivity index (χ4n) is 6.64. The van der Waals surface area contributed by atoms with Crippen molar-refractivity contribution in [3.63, 3.8) is 0 Å². The van der Waals surface area contributed by atoms with Gasteiger partial charge in [-0.3, -0.25) is 24.0 Å². The van der Waals surface area contributed by atoms with Crippen LogP contribution in [0.3, 0.4) is 0 Å². The monoisotopic (exact) mass is 739 g/mol. The van der Waals surface area contributed by atoms with Crippen molar-refractivity contribution in [3.05, 3.63) is 0 Å². The lowest BCUT2D eigenvalue weighted by atomic mass is 10.0. The van der Waals surface area contributed by atoms with Crippen molar-refractivity contribution in [2.45, 2.75) is 185 Å². The highest BCUT2D eigenvalue weighted by Gasteiger charge is 2.36. The molecule has 1 rings (SSSR count). The molecule has 0 aromatic heterocycles. The molecule has 0 radical (unpaired) electrons. The minimum atomic E-state index is -1.29. The Morgan fingerprint density at radius 2 is 1.10 bits per heavy atom. The number of hydrogen-bond acceptors (Lipinski definition) is 8. The normalized spacial score (nSPS) is 15.8. The zero-order valence-corrected chi connectivity index (χ0v) is 31.8. The number of carbonyl (C=O) groups excluding carboxylic acids is 4. The summed E-state index contributed by atoms with van der Waals surface area (Å²) in [5, 5.41) is 26.7. The number of carbonyl (C=O) groups is 6. The highest BCUT2D eigenvalue weighted by atomic mass is 16.4. The van der Waals surface area contributed by atoms with Crippen LogP contribution in [0.2, 0.25) is 0 Å². The summed E-state index contributed by atoms with van der Waals surface area (Å²) in [5.41, 5.74) is 11.1. The van der Waals surface area contributed by atoms with Crippen LogP contribution in [0.5, 0.6) is 0 Å². The molecule has 14 nitrogen and oxygen atoms in total. The maximum atomic E-state index is 13.5. The van der Waals surface area contributed by atoms with Crippen molar-refractivity contribution in [2.24, 2.45) is 11.5 Å². The standard InChI is InChI=1S/C38H70N6O8/c1-2-3-4-5-6-7-8-9-10-11-12-13-14-23-33(45)44-28-19-22-32(44)37(50)42-30(24-25-34(46)47)36(49)41-29(20-15-17-26-39)35(48)43-31(38(51)52)21-16-18-27-40/h29-32H,2-28,39-40H2,1H3,(H,41,49)(H,42,50)(H,43,48)(H,46,47)(H,51,52)/t29-,30-,31-,32-/m0/s1. The Bertz CT molecular complexity index is 1060. The molecule has 0 unspecified atom stereocenters. The maximum absolute atomic E-state index is 13.5. The Kier molecular flexibility index (Phi) is 26.3. The van der Waals surface area contributed by atoms with Crippen LogP contribution in [0.25, 0.3) is 0 Å². The van der Waals surface area contributed by atoms with Gasteiger partial charge in [-0.2, -0.15) is 0 Å². The predicted molar refractivity (Wildman–Crippen MR) is 201 cm³/mol. The van der Waals surface area contributed by atoms with Crippen molar-refractivity contribution in [2.75, 3.05) is 19.6 Å². The van der Waals surface area contributed by atoms with Crippen molar-refractivity contribution in [1.29, 1.82) is 0 Å². The highest BCUT2D eigenvalue weighted by Crippen LogP contribution is 2.21. The first-order valence-corrected chi connectivity index (χ1v) is 20.1. The smallest absolute Gasteiger partial charge is 0.326 e. The van der Waals surface area contributed by atoms with Gasteiger partial charge >= 0.3 is 11.9 Å². The Balaban J connectivity index is 2.73. The number of unbranched alkanes of at least 4 members (excludes halogenated alkanes) is 14. The van der Waals surface area contributed by atoms with Crippen LogP contribution in [0.4, 0.5) is 0 Å². The first-order valence-electron chi connectivity index (χ1n) is 20.1. The van der Waals surface area contributed by atoms with E-state index in [1.54, 1.807) is 4.90 Å². The van der Waals surface area contributed by atoms with Crippen LogP contribution in [-0.4, -0.2) is 94.5 Å². The summed E-state index contributed by atoms with van der Waals surface area (Å²) < 4.78 is 0. The lowest BCUT2D eigenvalue weighted by Crippen LogP contribution is -2.57. The SMILES string of the molecule is CCCCCCCCCCCCCCCC(=O)N1CCC[C@H]1C(=O)N[C@@H](CCC(=O)O)C(=O)N[C@@H](CCCCN)C(=O)N[C@@H](CCCCN)C(=O)O. The molecule has 0 aromatic rings. The average Bonchev–Trinajstić information content (AvgIpc) is 3.61. The van der Waals surface area contributed by atoms with Gasteiger partial charge in [-0.05, 0) is 77.3 Å².